The molecule has 0 aliphatic carbocycles. The minimum Gasteiger partial charge on any atom is -0.484 e. The molecule has 0 unspecified atom stereocenters. The van der Waals surface area contributed by atoms with Crippen molar-refractivity contribution in [2.45, 2.75) is 0 Å². The predicted molar refractivity (Wildman–Crippen MR) is 78.6 cm³/mol. The maximum atomic E-state index is 13.5. The second kappa shape index (κ2) is 6.86. The van der Waals surface area contributed by atoms with Gasteiger partial charge in [-0.3, -0.25) is 14.9 Å². The Bertz CT molecular complexity index is 706. The first-order valence-corrected chi connectivity index (χ1v) is 6.45. The Morgan fingerprint density at radius 1 is 1.27 bits per heavy atom. The van der Waals surface area contributed by atoms with Crippen LogP contribution in [0.3, 0.4) is 0 Å². The quantitative estimate of drug-likeness (QED) is 0.675. The number of carbonyl (C=O) groups is 1. The van der Waals surface area contributed by atoms with E-state index in [0.29, 0.717) is 0 Å². The molecule has 1 amide bonds. The lowest BCUT2D eigenvalue weighted by molar-refractivity contribution is -0.384. The molecule has 2 aromatic carbocycles. The molecule has 0 spiro atoms. The van der Waals surface area contributed by atoms with Gasteiger partial charge in [-0.2, -0.15) is 0 Å². The van der Waals surface area contributed by atoms with E-state index in [4.69, 9.17) is 16.3 Å². The summed E-state index contributed by atoms with van der Waals surface area (Å²) in [6.45, 7) is -0.361. The number of carbonyl (C=O) groups excluding carboxylic acids is 1. The zero-order valence-corrected chi connectivity index (χ0v) is 11.8. The van der Waals surface area contributed by atoms with Crippen LogP contribution in [0.2, 0.25) is 5.02 Å². The van der Waals surface area contributed by atoms with E-state index in [9.17, 15) is 19.3 Å². The van der Waals surface area contributed by atoms with Crippen molar-refractivity contribution in [2.75, 3.05) is 11.9 Å². The average Bonchev–Trinajstić information content (AvgIpc) is 2.48. The van der Waals surface area contributed by atoms with Gasteiger partial charge in [0.2, 0.25) is 0 Å². The van der Waals surface area contributed by atoms with Crippen molar-refractivity contribution in [3.8, 4) is 5.75 Å². The Balaban J connectivity index is 1.91. The van der Waals surface area contributed by atoms with Crippen molar-refractivity contribution in [1.82, 2.24) is 0 Å². The van der Waals surface area contributed by atoms with E-state index in [1.165, 1.54) is 36.4 Å². The number of ether oxygens (including phenoxy) is 1. The minimum absolute atomic E-state index is 0.0123. The van der Waals surface area contributed by atoms with Gasteiger partial charge in [-0.15, -0.1) is 0 Å². The molecule has 0 aromatic heterocycles. The molecule has 2 aromatic rings. The minimum atomic E-state index is -0.656. The molecule has 0 aliphatic heterocycles. The van der Waals surface area contributed by atoms with Crippen molar-refractivity contribution in [1.29, 1.82) is 0 Å². The number of rotatable bonds is 5. The van der Waals surface area contributed by atoms with Gasteiger partial charge in [-0.1, -0.05) is 11.6 Å². The van der Waals surface area contributed by atoms with Crippen molar-refractivity contribution < 1.29 is 18.8 Å². The third-order valence-corrected chi connectivity index (χ3v) is 2.86. The monoisotopic (exact) mass is 324 g/mol. The van der Waals surface area contributed by atoms with Crippen molar-refractivity contribution in [3.63, 3.8) is 0 Å². The molecule has 2 rings (SSSR count). The second-order valence-electron chi connectivity index (χ2n) is 4.21. The number of amides is 1. The van der Waals surface area contributed by atoms with E-state index in [0.717, 1.165) is 6.07 Å². The van der Waals surface area contributed by atoms with E-state index >= 15 is 0 Å². The topological polar surface area (TPSA) is 81.5 Å². The summed E-state index contributed by atoms with van der Waals surface area (Å²) in [6, 6.07) is 9.11. The van der Waals surface area contributed by atoms with Gasteiger partial charge in [0, 0.05) is 17.2 Å². The third kappa shape index (κ3) is 4.16. The molecule has 0 radical (unpaired) electrons. The van der Waals surface area contributed by atoms with Gasteiger partial charge in [0.25, 0.3) is 11.6 Å². The molecule has 0 saturated carbocycles. The lowest BCUT2D eigenvalue weighted by atomic mass is 10.3. The number of non-ortho nitro benzene ring substituents is 1. The number of nitrogens with one attached hydrogen (secondary N) is 1. The normalized spacial score (nSPS) is 10.1. The second-order valence-corrected chi connectivity index (χ2v) is 4.65. The summed E-state index contributed by atoms with van der Waals surface area (Å²) in [5.74, 6) is -0.937. The van der Waals surface area contributed by atoms with Crippen LogP contribution in [0.4, 0.5) is 15.8 Å². The molecule has 0 saturated heterocycles. The highest BCUT2D eigenvalue weighted by Gasteiger charge is 2.09. The molecule has 6 nitrogen and oxygen atoms in total. The van der Waals surface area contributed by atoms with Gasteiger partial charge in [0.1, 0.15) is 11.6 Å². The van der Waals surface area contributed by atoms with Crippen LogP contribution in [0.25, 0.3) is 0 Å². The van der Waals surface area contributed by atoms with E-state index in [1.807, 2.05) is 0 Å². The summed E-state index contributed by atoms with van der Waals surface area (Å²) in [4.78, 5) is 21.6. The number of hydrogen-bond acceptors (Lipinski definition) is 4. The number of nitro groups is 1. The zero-order valence-electron chi connectivity index (χ0n) is 11.1. The number of benzene rings is 2. The lowest BCUT2D eigenvalue weighted by Crippen LogP contribution is -2.20. The van der Waals surface area contributed by atoms with Crippen LogP contribution in [0.1, 0.15) is 0 Å². The standard InChI is InChI=1S/C14H10ClFN2O4/c15-9-1-6-13(12(16)7-9)17-14(19)8-22-11-4-2-10(3-5-11)18(20)21/h1-7H,8H2,(H,17,19). The summed E-state index contributed by atoms with van der Waals surface area (Å²) >= 11 is 5.60. The first-order valence-electron chi connectivity index (χ1n) is 6.08. The summed E-state index contributed by atoms with van der Waals surface area (Å²) in [7, 11) is 0. The Kier molecular flexibility index (Phi) is 4.90. The average molecular weight is 325 g/mol. The number of nitrogens with zero attached hydrogens (tertiary/aromatic N) is 1. The zero-order chi connectivity index (χ0) is 16.1. The fraction of sp³-hybridized carbons (Fsp3) is 0.0714. The van der Waals surface area contributed by atoms with Gasteiger partial charge in [0.15, 0.2) is 6.61 Å². The van der Waals surface area contributed by atoms with E-state index < -0.39 is 16.6 Å². The Morgan fingerprint density at radius 2 is 1.95 bits per heavy atom. The molecule has 0 aliphatic rings. The van der Waals surface area contributed by atoms with Crippen LogP contribution in [0.5, 0.6) is 5.75 Å². The first-order chi connectivity index (χ1) is 10.5. The van der Waals surface area contributed by atoms with E-state index in [2.05, 4.69) is 5.32 Å². The fourth-order valence-electron chi connectivity index (χ4n) is 1.59. The highest BCUT2D eigenvalue weighted by atomic mass is 35.5. The molecular weight excluding hydrogens is 315 g/mol. The molecule has 1 N–H and O–H groups in total. The Hall–Kier alpha value is -2.67. The Labute approximate surface area is 129 Å². The van der Waals surface area contributed by atoms with Crippen LogP contribution in [-0.2, 0) is 4.79 Å². The highest BCUT2D eigenvalue weighted by molar-refractivity contribution is 6.30. The van der Waals surface area contributed by atoms with Gasteiger partial charge >= 0.3 is 0 Å². The smallest absolute Gasteiger partial charge is 0.269 e. The summed E-state index contributed by atoms with van der Waals surface area (Å²) < 4.78 is 18.6. The number of halogens is 2. The molecule has 8 heteroatoms. The first kappa shape index (κ1) is 15.7. The van der Waals surface area contributed by atoms with Gasteiger partial charge in [-0.25, -0.2) is 4.39 Å². The van der Waals surface area contributed by atoms with Crippen LogP contribution in [-0.4, -0.2) is 17.4 Å². The van der Waals surface area contributed by atoms with E-state index in [1.54, 1.807) is 0 Å². The van der Waals surface area contributed by atoms with Crippen LogP contribution < -0.4 is 10.1 Å². The largest absolute Gasteiger partial charge is 0.484 e. The maximum Gasteiger partial charge on any atom is 0.269 e. The SMILES string of the molecule is O=C(COc1ccc([N+](=O)[O-])cc1)Nc1ccc(Cl)cc1F. The van der Waals surface area contributed by atoms with Crippen molar-refractivity contribution in [3.05, 3.63) is 63.4 Å². The van der Waals surface area contributed by atoms with Gasteiger partial charge in [0.05, 0.1) is 10.6 Å². The van der Waals surface area contributed by atoms with Crippen LogP contribution in [0.15, 0.2) is 42.5 Å². The molecular formula is C14H10ClFN2O4. The van der Waals surface area contributed by atoms with Crippen LogP contribution >= 0.6 is 11.6 Å². The fourth-order valence-corrected chi connectivity index (χ4v) is 1.75. The molecule has 114 valence electrons. The molecule has 22 heavy (non-hydrogen) atoms. The summed E-state index contributed by atoms with van der Waals surface area (Å²) in [5.41, 5.74) is -0.0956. The molecule has 0 fully saturated rings. The van der Waals surface area contributed by atoms with Crippen molar-refractivity contribution >= 4 is 28.9 Å². The number of nitro benzene ring substituents is 1. The molecule has 0 atom stereocenters. The van der Waals surface area contributed by atoms with Gasteiger partial charge in [-0.05, 0) is 30.3 Å². The highest BCUT2D eigenvalue weighted by Crippen LogP contribution is 2.19. The summed E-state index contributed by atoms with van der Waals surface area (Å²) in [5, 5.41) is 13.0. The van der Waals surface area contributed by atoms with Gasteiger partial charge < -0.3 is 10.1 Å². The predicted octanol–water partition coefficient (Wildman–Crippen LogP) is 3.40. The van der Waals surface area contributed by atoms with Crippen molar-refractivity contribution in [2.24, 2.45) is 0 Å². The maximum absolute atomic E-state index is 13.5. The van der Waals surface area contributed by atoms with E-state index in [-0.39, 0.29) is 28.8 Å². The number of anilines is 1. The molecule has 0 heterocycles. The summed E-state index contributed by atoms with van der Waals surface area (Å²) in [6.07, 6.45) is 0. The third-order valence-electron chi connectivity index (χ3n) is 2.62. The number of hydrogen-bond donors (Lipinski definition) is 1. The Morgan fingerprint density at radius 3 is 2.55 bits per heavy atom. The van der Waals surface area contributed by atoms with Crippen LogP contribution in [0, 0.1) is 15.9 Å². The molecule has 0 bridgehead atoms. The lowest BCUT2D eigenvalue weighted by Gasteiger charge is -2.08.